The maximum absolute atomic E-state index is 10.5. The summed E-state index contributed by atoms with van der Waals surface area (Å²) in [7, 11) is 0. The van der Waals surface area contributed by atoms with Gasteiger partial charge in [-0.3, -0.25) is 4.79 Å². The first kappa shape index (κ1) is 19.1. The van der Waals surface area contributed by atoms with Crippen molar-refractivity contribution in [2.45, 2.75) is 51.4 Å². The van der Waals surface area contributed by atoms with E-state index in [1.165, 1.54) is 48.7 Å². The monoisotopic (exact) mass is 389 g/mol. The molecule has 1 aliphatic rings. The molecule has 1 fully saturated rings. The van der Waals surface area contributed by atoms with Crippen LogP contribution in [0.1, 0.15) is 65.1 Å². The van der Waals surface area contributed by atoms with E-state index in [1.807, 2.05) is 13.0 Å². The van der Waals surface area contributed by atoms with E-state index < -0.39 is 5.97 Å². The van der Waals surface area contributed by atoms with Crippen LogP contribution in [-0.2, 0) is 11.2 Å². The third kappa shape index (κ3) is 5.39. The summed E-state index contributed by atoms with van der Waals surface area (Å²) >= 11 is 2.98. The van der Waals surface area contributed by atoms with Gasteiger partial charge in [0.25, 0.3) is 0 Å². The highest BCUT2D eigenvalue weighted by atomic mass is 32.2. The van der Waals surface area contributed by atoms with Gasteiger partial charge in [0, 0.05) is 17.2 Å². The Labute approximate surface area is 162 Å². The molecule has 0 saturated heterocycles. The predicted octanol–water partition coefficient (Wildman–Crippen LogP) is 4.85. The van der Waals surface area contributed by atoms with Crippen molar-refractivity contribution in [2.24, 2.45) is 0 Å². The summed E-state index contributed by atoms with van der Waals surface area (Å²) in [5, 5.41) is 8.60. The van der Waals surface area contributed by atoms with E-state index in [0.717, 1.165) is 28.6 Å². The maximum Gasteiger partial charge on any atom is 0.313 e. The molecule has 138 valence electrons. The zero-order valence-corrected chi connectivity index (χ0v) is 16.5. The molecule has 2 aromatic heterocycles. The van der Waals surface area contributed by atoms with Gasteiger partial charge >= 0.3 is 5.97 Å². The molecule has 6 heteroatoms. The molecular formula is C20H23NO3S2. The molecule has 0 unspecified atom stereocenters. The number of aryl methyl sites for hydroxylation is 1. The summed E-state index contributed by atoms with van der Waals surface area (Å²) in [6.45, 7) is 2.00. The molecule has 0 aliphatic heterocycles. The van der Waals surface area contributed by atoms with Gasteiger partial charge in [-0.15, -0.1) is 23.1 Å². The highest BCUT2D eigenvalue weighted by molar-refractivity contribution is 8.00. The second-order valence-corrected chi connectivity index (χ2v) is 8.67. The SMILES string of the molecule is Cc1oc(C2CCCCC2)nc1Cc1ccc(C#CCSCC(=O)O)s1. The Bertz CT molecular complexity index is 807. The fourth-order valence-electron chi connectivity index (χ4n) is 3.16. The second kappa shape index (κ2) is 9.29. The van der Waals surface area contributed by atoms with Gasteiger partial charge in [-0.05, 0) is 31.9 Å². The third-order valence-electron chi connectivity index (χ3n) is 4.48. The summed E-state index contributed by atoms with van der Waals surface area (Å²) in [5.41, 5.74) is 1.03. The predicted molar refractivity (Wildman–Crippen MR) is 106 cm³/mol. The fourth-order valence-corrected chi connectivity index (χ4v) is 4.49. The van der Waals surface area contributed by atoms with Gasteiger partial charge in [0.2, 0.25) is 0 Å². The zero-order valence-electron chi connectivity index (χ0n) is 14.9. The lowest BCUT2D eigenvalue weighted by Crippen LogP contribution is -2.04. The molecule has 0 amide bonds. The van der Waals surface area contributed by atoms with Crippen molar-refractivity contribution in [2.75, 3.05) is 11.5 Å². The highest BCUT2D eigenvalue weighted by Crippen LogP contribution is 2.33. The van der Waals surface area contributed by atoms with E-state index >= 15 is 0 Å². The number of oxazole rings is 1. The van der Waals surface area contributed by atoms with Crippen molar-refractivity contribution >= 4 is 29.1 Å². The van der Waals surface area contributed by atoms with Gasteiger partial charge in [0.1, 0.15) is 5.76 Å². The van der Waals surface area contributed by atoms with E-state index in [9.17, 15) is 4.79 Å². The van der Waals surface area contributed by atoms with Gasteiger partial charge in [-0.25, -0.2) is 4.98 Å². The van der Waals surface area contributed by atoms with Crippen LogP contribution in [-0.4, -0.2) is 27.6 Å². The van der Waals surface area contributed by atoms with Crippen LogP contribution in [0.15, 0.2) is 16.5 Å². The largest absolute Gasteiger partial charge is 0.481 e. The summed E-state index contributed by atoms with van der Waals surface area (Å²) in [5.74, 6) is 8.29. The number of hydrogen-bond donors (Lipinski definition) is 1. The summed E-state index contributed by atoms with van der Waals surface area (Å²) in [6, 6.07) is 4.11. The molecule has 0 bridgehead atoms. The molecule has 2 heterocycles. The van der Waals surface area contributed by atoms with Crippen LogP contribution in [0.4, 0.5) is 0 Å². The van der Waals surface area contributed by atoms with Crippen molar-refractivity contribution in [3.05, 3.63) is 39.2 Å². The highest BCUT2D eigenvalue weighted by Gasteiger charge is 2.22. The van der Waals surface area contributed by atoms with Gasteiger partial charge in [-0.1, -0.05) is 31.1 Å². The number of thiophene rings is 1. The van der Waals surface area contributed by atoms with Crippen LogP contribution in [0.3, 0.4) is 0 Å². The van der Waals surface area contributed by atoms with Crippen LogP contribution < -0.4 is 0 Å². The standard InChI is InChI=1S/C20H23NO3S2/c1-14-18(21-20(24-14)15-6-3-2-4-7-15)12-17-10-9-16(26-17)8-5-11-25-13-19(22)23/h9-10,15H,2-4,6-7,11-13H2,1H3,(H,22,23). The molecule has 0 spiro atoms. The van der Waals surface area contributed by atoms with E-state index in [0.29, 0.717) is 11.7 Å². The van der Waals surface area contributed by atoms with Gasteiger partial charge < -0.3 is 9.52 Å². The van der Waals surface area contributed by atoms with Crippen molar-refractivity contribution in [3.63, 3.8) is 0 Å². The Morgan fingerprint density at radius 3 is 2.96 bits per heavy atom. The smallest absolute Gasteiger partial charge is 0.313 e. The normalized spacial score (nSPS) is 14.8. The van der Waals surface area contributed by atoms with E-state index in [2.05, 4.69) is 17.9 Å². The lowest BCUT2D eigenvalue weighted by molar-refractivity contribution is -0.133. The summed E-state index contributed by atoms with van der Waals surface area (Å²) < 4.78 is 5.96. The Hall–Kier alpha value is -1.71. The van der Waals surface area contributed by atoms with E-state index in [4.69, 9.17) is 14.5 Å². The Morgan fingerprint density at radius 1 is 1.38 bits per heavy atom. The molecule has 1 N–H and O–H groups in total. The molecule has 0 aromatic carbocycles. The molecule has 1 aliphatic carbocycles. The number of carbonyl (C=O) groups is 1. The number of carboxylic acids is 1. The molecule has 0 atom stereocenters. The van der Waals surface area contributed by atoms with E-state index in [1.54, 1.807) is 11.3 Å². The molecule has 2 aromatic rings. The molecule has 1 saturated carbocycles. The van der Waals surface area contributed by atoms with Crippen LogP contribution in [0.5, 0.6) is 0 Å². The number of nitrogens with zero attached hydrogens (tertiary/aromatic N) is 1. The molecule has 3 rings (SSSR count). The Morgan fingerprint density at radius 2 is 2.19 bits per heavy atom. The third-order valence-corrected chi connectivity index (χ3v) is 6.28. The number of hydrogen-bond acceptors (Lipinski definition) is 5. The van der Waals surface area contributed by atoms with Crippen molar-refractivity contribution in [3.8, 4) is 11.8 Å². The number of aromatic nitrogens is 1. The minimum Gasteiger partial charge on any atom is -0.481 e. The van der Waals surface area contributed by atoms with Gasteiger partial charge in [0.15, 0.2) is 5.89 Å². The van der Waals surface area contributed by atoms with Gasteiger partial charge in [-0.2, -0.15) is 0 Å². The van der Waals surface area contributed by atoms with Crippen molar-refractivity contribution < 1.29 is 14.3 Å². The van der Waals surface area contributed by atoms with Crippen LogP contribution in [0.25, 0.3) is 0 Å². The molecular weight excluding hydrogens is 366 g/mol. The Balaban J connectivity index is 1.58. The van der Waals surface area contributed by atoms with Crippen LogP contribution >= 0.6 is 23.1 Å². The first-order valence-electron chi connectivity index (χ1n) is 8.95. The first-order valence-corrected chi connectivity index (χ1v) is 10.9. The molecule has 0 radical (unpaired) electrons. The second-order valence-electron chi connectivity index (χ2n) is 6.52. The lowest BCUT2D eigenvalue weighted by Gasteiger charge is -2.17. The van der Waals surface area contributed by atoms with Crippen molar-refractivity contribution in [1.82, 2.24) is 4.98 Å². The summed E-state index contributed by atoms with van der Waals surface area (Å²) in [4.78, 5) is 17.5. The number of aliphatic carboxylic acids is 1. The van der Waals surface area contributed by atoms with Crippen molar-refractivity contribution in [1.29, 1.82) is 0 Å². The first-order chi connectivity index (χ1) is 12.6. The number of carboxylic acid groups (broad SMARTS) is 1. The zero-order chi connectivity index (χ0) is 18.4. The molecule has 26 heavy (non-hydrogen) atoms. The molecule has 4 nitrogen and oxygen atoms in total. The van der Waals surface area contributed by atoms with Gasteiger partial charge in [0.05, 0.1) is 22.1 Å². The quantitative estimate of drug-likeness (QED) is 0.565. The number of rotatable bonds is 6. The number of thioether (sulfide) groups is 1. The average Bonchev–Trinajstić information content (AvgIpc) is 3.22. The minimum absolute atomic E-state index is 0.0964. The lowest BCUT2D eigenvalue weighted by atomic mass is 9.89. The fraction of sp³-hybridized carbons (Fsp3) is 0.500. The summed E-state index contributed by atoms with van der Waals surface area (Å²) in [6.07, 6.45) is 7.05. The topological polar surface area (TPSA) is 63.3 Å². The van der Waals surface area contributed by atoms with Crippen LogP contribution in [0.2, 0.25) is 0 Å². The van der Waals surface area contributed by atoms with Crippen LogP contribution in [0, 0.1) is 18.8 Å². The minimum atomic E-state index is -0.800. The maximum atomic E-state index is 10.5. The average molecular weight is 390 g/mol. The Kier molecular flexibility index (Phi) is 6.81. The van der Waals surface area contributed by atoms with E-state index in [-0.39, 0.29) is 5.75 Å².